The lowest BCUT2D eigenvalue weighted by atomic mass is 9.81. The summed E-state index contributed by atoms with van der Waals surface area (Å²) in [7, 11) is 0. The number of piperazine rings is 1. The number of hydrogen-bond acceptors (Lipinski definition) is 4. The molecular formula is C20H30N4O2. The summed E-state index contributed by atoms with van der Waals surface area (Å²) in [5.74, 6) is 0.759. The summed E-state index contributed by atoms with van der Waals surface area (Å²) < 4.78 is 0. The molecule has 0 aromatic carbocycles. The lowest BCUT2D eigenvalue weighted by Gasteiger charge is -2.53. The van der Waals surface area contributed by atoms with Crippen molar-refractivity contribution in [2.24, 2.45) is 5.92 Å². The molecule has 0 unspecified atom stereocenters. The average Bonchev–Trinajstić information content (AvgIpc) is 2.60. The molecule has 2 aliphatic heterocycles. The van der Waals surface area contributed by atoms with Gasteiger partial charge in [-0.25, -0.2) is 0 Å². The van der Waals surface area contributed by atoms with E-state index in [0.717, 1.165) is 24.5 Å². The highest BCUT2D eigenvalue weighted by Crippen LogP contribution is 2.36. The molecule has 1 spiro atoms. The summed E-state index contributed by atoms with van der Waals surface area (Å²) in [6.45, 7) is 11.7. The van der Waals surface area contributed by atoms with Crippen LogP contribution in [0.15, 0.2) is 18.3 Å². The maximum Gasteiger partial charge on any atom is 0.247 e. The third kappa shape index (κ3) is 3.47. The van der Waals surface area contributed by atoms with Gasteiger partial charge < -0.3 is 9.80 Å². The molecule has 3 rings (SSSR count). The van der Waals surface area contributed by atoms with Gasteiger partial charge in [0.1, 0.15) is 5.54 Å². The number of anilines is 1. The van der Waals surface area contributed by atoms with Gasteiger partial charge in [-0.2, -0.15) is 0 Å². The Morgan fingerprint density at radius 1 is 1.19 bits per heavy atom. The van der Waals surface area contributed by atoms with Crippen LogP contribution in [0.25, 0.3) is 0 Å². The van der Waals surface area contributed by atoms with Crippen molar-refractivity contribution in [2.75, 3.05) is 37.6 Å². The van der Waals surface area contributed by atoms with Crippen molar-refractivity contribution in [1.29, 1.82) is 0 Å². The van der Waals surface area contributed by atoms with Gasteiger partial charge in [-0.3, -0.25) is 19.5 Å². The van der Waals surface area contributed by atoms with Crippen LogP contribution >= 0.6 is 0 Å². The lowest BCUT2D eigenvalue weighted by molar-refractivity contribution is -0.143. The molecule has 0 saturated carbocycles. The van der Waals surface area contributed by atoms with Crippen molar-refractivity contribution in [3.63, 3.8) is 0 Å². The van der Waals surface area contributed by atoms with Crippen LogP contribution in [0, 0.1) is 12.8 Å². The Bertz CT molecular complexity index is 663. The number of carbonyl (C=O) groups excluding carboxylic acids is 2. The number of aromatic nitrogens is 1. The van der Waals surface area contributed by atoms with E-state index in [1.807, 2.05) is 28.9 Å². The summed E-state index contributed by atoms with van der Waals surface area (Å²) in [6, 6.07) is 3.94. The van der Waals surface area contributed by atoms with Gasteiger partial charge in [0.15, 0.2) is 0 Å². The van der Waals surface area contributed by atoms with Crippen molar-refractivity contribution < 1.29 is 9.59 Å². The molecule has 2 aliphatic rings. The number of piperidine rings is 1. The van der Waals surface area contributed by atoms with Gasteiger partial charge in [0.2, 0.25) is 11.8 Å². The molecule has 1 aromatic heterocycles. The van der Waals surface area contributed by atoms with Crippen molar-refractivity contribution in [3.8, 4) is 0 Å². The fourth-order valence-electron chi connectivity index (χ4n) is 4.22. The zero-order valence-corrected chi connectivity index (χ0v) is 16.4. The van der Waals surface area contributed by atoms with E-state index in [4.69, 9.17) is 0 Å². The number of likely N-dealkylation sites (tertiary alicyclic amines) is 1. The zero-order chi connectivity index (χ0) is 18.9. The van der Waals surface area contributed by atoms with Crippen molar-refractivity contribution in [3.05, 3.63) is 24.0 Å². The highest BCUT2D eigenvalue weighted by atomic mass is 16.2. The summed E-state index contributed by atoms with van der Waals surface area (Å²) in [5.41, 5.74) is 1.32. The Balaban J connectivity index is 1.88. The van der Waals surface area contributed by atoms with Gasteiger partial charge in [-0.1, -0.05) is 13.8 Å². The molecule has 0 atom stereocenters. The first kappa shape index (κ1) is 18.8. The van der Waals surface area contributed by atoms with Gasteiger partial charge in [0.25, 0.3) is 0 Å². The van der Waals surface area contributed by atoms with Crippen LogP contribution in [0.1, 0.15) is 39.3 Å². The smallest absolute Gasteiger partial charge is 0.247 e. The number of aryl methyl sites for hydroxylation is 1. The third-order valence-electron chi connectivity index (χ3n) is 5.67. The molecule has 1 aromatic rings. The van der Waals surface area contributed by atoms with E-state index >= 15 is 0 Å². The van der Waals surface area contributed by atoms with E-state index in [1.165, 1.54) is 0 Å². The second-order valence-corrected chi connectivity index (χ2v) is 7.99. The minimum absolute atomic E-state index is 0.0955. The van der Waals surface area contributed by atoms with Crippen LogP contribution in [0.3, 0.4) is 0 Å². The fourth-order valence-corrected chi connectivity index (χ4v) is 4.22. The standard InChI is InChI=1S/C20H30N4O2/c1-15(2)14-23-11-12-24(18-6-5-16(3)21-13-18)19(26)20(23)7-9-22(10-8-20)17(4)25/h5-6,13,15H,7-12,14H2,1-4H3. The van der Waals surface area contributed by atoms with Gasteiger partial charge in [0.05, 0.1) is 11.9 Å². The van der Waals surface area contributed by atoms with E-state index < -0.39 is 5.54 Å². The third-order valence-corrected chi connectivity index (χ3v) is 5.67. The Labute approximate surface area is 156 Å². The van der Waals surface area contributed by atoms with Crippen LogP contribution in [0.2, 0.25) is 0 Å². The second kappa shape index (κ2) is 7.35. The Hall–Kier alpha value is -1.95. The molecule has 0 radical (unpaired) electrons. The van der Waals surface area contributed by atoms with E-state index in [0.29, 0.717) is 38.4 Å². The number of pyridine rings is 1. The predicted molar refractivity (Wildman–Crippen MR) is 102 cm³/mol. The maximum absolute atomic E-state index is 13.6. The molecule has 2 saturated heterocycles. The van der Waals surface area contributed by atoms with Crippen LogP contribution in [-0.2, 0) is 9.59 Å². The number of rotatable bonds is 3. The molecule has 6 nitrogen and oxygen atoms in total. The van der Waals surface area contributed by atoms with E-state index in [9.17, 15) is 9.59 Å². The topological polar surface area (TPSA) is 56.8 Å². The minimum Gasteiger partial charge on any atom is -0.343 e. The zero-order valence-electron chi connectivity index (χ0n) is 16.4. The molecule has 26 heavy (non-hydrogen) atoms. The molecule has 142 valence electrons. The van der Waals surface area contributed by atoms with Gasteiger partial charge in [-0.15, -0.1) is 0 Å². The normalized spacial score (nSPS) is 20.9. The molecular weight excluding hydrogens is 328 g/mol. The first-order valence-corrected chi connectivity index (χ1v) is 9.59. The monoisotopic (exact) mass is 358 g/mol. The largest absolute Gasteiger partial charge is 0.343 e. The quantitative estimate of drug-likeness (QED) is 0.830. The average molecular weight is 358 g/mol. The van der Waals surface area contributed by atoms with E-state index in [-0.39, 0.29) is 11.8 Å². The Morgan fingerprint density at radius 3 is 2.42 bits per heavy atom. The second-order valence-electron chi connectivity index (χ2n) is 7.99. The van der Waals surface area contributed by atoms with Crippen molar-refractivity contribution in [2.45, 2.75) is 46.1 Å². The molecule has 2 fully saturated rings. The highest BCUT2D eigenvalue weighted by molar-refractivity contribution is 6.01. The Kier molecular flexibility index (Phi) is 5.32. The molecule has 3 heterocycles. The van der Waals surface area contributed by atoms with Gasteiger partial charge >= 0.3 is 0 Å². The summed E-state index contributed by atoms with van der Waals surface area (Å²) in [4.78, 5) is 35.8. The van der Waals surface area contributed by atoms with Crippen molar-refractivity contribution in [1.82, 2.24) is 14.8 Å². The SMILES string of the molecule is CC(=O)N1CCC2(CC1)C(=O)N(c1ccc(C)nc1)CCN2CC(C)C. The first-order chi connectivity index (χ1) is 12.3. The van der Waals surface area contributed by atoms with Gasteiger partial charge in [-0.05, 0) is 37.8 Å². The van der Waals surface area contributed by atoms with Crippen LogP contribution in [0.4, 0.5) is 5.69 Å². The van der Waals surface area contributed by atoms with Crippen LogP contribution < -0.4 is 4.90 Å². The number of carbonyl (C=O) groups is 2. The lowest BCUT2D eigenvalue weighted by Crippen LogP contribution is -2.69. The number of amides is 2. The highest BCUT2D eigenvalue weighted by Gasteiger charge is 2.51. The molecule has 0 aliphatic carbocycles. The van der Waals surface area contributed by atoms with E-state index in [1.54, 1.807) is 13.1 Å². The molecule has 0 N–H and O–H groups in total. The minimum atomic E-state index is -0.501. The summed E-state index contributed by atoms with van der Waals surface area (Å²) >= 11 is 0. The van der Waals surface area contributed by atoms with Gasteiger partial charge in [0, 0.05) is 45.3 Å². The predicted octanol–water partition coefficient (Wildman–Crippen LogP) is 2.08. The number of nitrogens with zero attached hydrogens (tertiary/aromatic N) is 4. The van der Waals surface area contributed by atoms with Crippen molar-refractivity contribution >= 4 is 17.5 Å². The summed E-state index contributed by atoms with van der Waals surface area (Å²) in [6.07, 6.45) is 3.20. The van der Waals surface area contributed by atoms with Crippen LogP contribution in [-0.4, -0.2) is 64.9 Å². The van der Waals surface area contributed by atoms with E-state index in [2.05, 4.69) is 23.7 Å². The summed E-state index contributed by atoms with van der Waals surface area (Å²) in [5, 5.41) is 0. The number of hydrogen-bond donors (Lipinski definition) is 0. The molecule has 6 heteroatoms. The maximum atomic E-state index is 13.6. The molecule has 2 amide bonds. The Morgan fingerprint density at radius 2 is 1.88 bits per heavy atom. The fraction of sp³-hybridized carbons (Fsp3) is 0.650. The first-order valence-electron chi connectivity index (χ1n) is 9.59. The van der Waals surface area contributed by atoms with Crippen LogP contribution in [0.5, 0.6) is 0 Å². The molecule has 0 bridgehead atoms.